The highest BCUT2D eigenvalue weighted by molar-refractivity contribution is 6.32. The number of halogens is 2. The molecule has 0 unspecified atom stereocenters. The van der Waals surface area contributed by atoms with Crippen LogP contribution in [-0.2, 0) is 9.59 Å². The summed E-state index contributed by atoms with van der Waals surface area (Å²) in [6, 6.07) is 9.09. The Bertz CT molecular complexity index is 812. The molecule has 0 aliphatic carbocycles. The first-order valence-electron chi connectivity index (χ1n) is 7.77. The molecule has 0 aliphatic rings. The molecule has 0 bridgehead atoms. The van der Waals surface area contributed by atoms with Crippen LogP contribution < -0.4 is 15.6 Å². The van der Waals surface area contributed by atoms with Crippen molar-refractivity contribution < 1.29 is 18.7 Å². The summed E-state index contributed by atoms with van der Waals surface area (Å²) in [6.07, 6.45) is 2.72. The molecule has 0 saturated carbocycles. The second-order valence-electron chi connectivity index (χ2n) is 5.58. The molecule has 2 N–H and O–H groups in total. The molecule has 136 valence electrons. The number of carbonyl (C=O) groups is 2. The molecule has 2 amide bonds. The summed E-state index contributed by atoms with van der Waals surface area (Å²) in [5.41, 5.74) is 6.82. The van der Waals surface area contributed by atoms with E-state index >= 15 is 0 Å². The molecule has 0 atom stereocenters. The Morgan fingerprint density at radius 2 is 1.73 bits per heavy atom. The van der Waals surface area contributed by atoms with Gasteiger partial charge in [0.05, 0.1) is 0 Å². The molecule has 2 aromatic rings. The van der Waals surface area contributed by atoms with Gasteiger partial charge in [0.2, 0.25) is 0 Å². The monoisotopic (exact) mass is 376 g/mol. The van der Waals surface area contributed by atoms with E-state index in [1.54, 1.807) is 12.1 Å². The second-order valence-corrected chi connectivity index (χ2v) is 5.96. The molecule has 0 heterocycles. The van der Waals surface area contributed by atoms with Gasteiger partial charge in [0.1, 0.15) is 11.6 Å². The van der Waals surface area contributed by atoms with Crippen molar-refractivity contribution in [3.8, 4) is 5.75 Å². The van der Waals surface area contributed by atoms with Gasteiger partial charge in [0, 0.05) is 11.1 Å². The van der Waals surface area contributed by atoms with E-state index < -0.39 is 11.8 Å². The van der Waals surface area contributed by atoms with Gasteiger partial charge in [-0.1, -0.05) is 23.7 Å². The van der Waals surface area contributed by atoms with E-state index in [2.05, 4.69) is 10.9 Å². The largest absolute Gasteiger partial charge is 0.484 e. The molecular weight excluding hydrogens is 359 g/mol. The maximum absolute atomic E-state index is 12.8. The minimum atomic E-state index is -0.527. The topological polar surface area (TPSA) is 67.4 Å². The normalized spacial score (nSPS) is 10.6. The van der Waals surface area contributed by atoms with Crippen molar-refractivity contribution >= 4 is 29.5 Å². The number of amides is 2. The summed E-state index contributed by atoms with van der Waals surface area (Å²) in [5, 5.41) is 0.655. The summed E-state index contributed by atoms with van der Waals surface area (Å²) in [6.45, 7) is 3.42. The maximum Gasteiger partial charge on any atom is 0.276 e. The van der Waals surface area contributed by atoms with Gasteiger partial charge in [-0.05, 0) is 60.9 Å². The lowest BCUT2D eigenvalue weighted by Gasteiger charge is -2.10. The predicted molar refractivity (Wildman–Crippen MR) is 98.1 cm³/mol. The van der Waals surface area contributed by atoms with Crippen LogP contribution in [-0.4, -0.2) is 18.4 Å². The first-order valence-corrected chi connectivity index (χ1v) is 8.15. The molecule has 0 saturated heterocycles. The highest BCUT2D eigenvalue weighted by Crippen LogP contribution is 2.25. The number of ether oxygens (including phenoxy) is 1. The molecule has 5 nitrogen and oxygen atoms in total. The van der Waals surface area contributed by atoms with Gasteiger partial charge >= 0.3 is 0 Å². The van der Waals surface area contributed by atoms with E-state index in [-0.39, 0.29) is 12.4 Å². The van der Waals surface area contributed by atoms with Crippen molar-refractivity contribution in [1.82, 2.24) is 10.9 Å². The number of aryl methyl sites for hydroxylation is 2. The number of hydrazine groups is 1. The number of rotatable bonds is 5. The van der Waals surface area contributed by atoms with Crippen molar-refractivity contribution in [1.29, 1.82) is 0 Å². The summed E-state index contributed by atoms with van der Waals surface area (Å²) in [4.78, 5) is 23.4. The van der Waals surface area contributed by atoms with Gasteiger partial charge < -0.3 is 4.74 Å². The molecule has 0 spiro atoms. The third kappa shape index (κ3) is 5.89. The minimum Gasteiger partial charge on any atom is -0.484 e. The first-order chi connectivity index (χ1) is 12.3. The van der Waals surface area contributed by atoms with E-state index in [4.69, 9.17) is 16.3 Å². The lowest BCUT2D eigenvalue weighted by atomic mass is 10.1. The molecule has 7 heteroatoms. The lowest BCUT2D eigenvalue weighted by Crippen LogP contribution is -2.43. The maximum atomic E-state index is 12.8. The Morgan fingerprint density at radius 3 is 2.35 bits per heavy atom. The fourth-order valence-electron chi connectivity index (χ4n) is 2.09. The summed E-state index contributed by atoms with van der Waals surface area (Å²) >= 11 is 6.07. The van der Waals surface area contributed by atoms with Crippen molar-refractivity contribution in [2.45, 2.75) is 13.8 Å². The zero-order valence-corrected chi connectivity index (χ0v) is 15.1. The van der Waals surface area contributed by atoms with E-state index in [1.165, 1.54) is 36.4 Å². The highest BCUT2D eigenvalue weighted by Gasteiger charge is 2.07. The second kappa shape index (κ2) is 9.01. The number of benzene rings is 2. The Balaban J connectivity index is 1.77. The Morgan fingerprint density at radius 1 is 1.12 bits per heavy atom. The average Bonchev–Trinajstić information content (AvgIpc) is 2.62. The molecular formula is C19H18ClFN2O3. The van der Waals surface area contributed by atoms with Gasteiger partial charge in [-0.2, -0.15) is 0 Å². The quantitative estimate of drug-likeness (QED) is 0.621. The van der Waals surface area contributed by atoms with Crippen LogP contribution in [0, 0.1) is 19.7 Å². The van der Waals surface area contributed by atoms with Gasteiger partial charge in [-0.25, -0.2) is 4.39 Å². The fraction of sp³-hybridized carbons (Fsp3) is 0.158. The molecule has 0 radical (unpaired) electrons. The first kappa shape index (κ1) is 19.5. The van der Waals surface area contributed by atoms with E-state index in [9.17, 15) is 14.0 Å². The van der Waals surface area contributed by atoms with E-state index in [0.717, 1.165) is 11.1 Å². The smallest absolute Gasteiger partial charge is 0.276 e. The van der Waals surface area contributed by atoms with Crippen molar-refractivity contribution in [3.05, 3.63) is 70.0 Å². The molecule has 0 aromatic heterocycles. The van der Waals surface area contributed by atoms with Crippen LogP contribution in [0.2, 0.25) is 5.02 Å². The molecule has 26 heavy (non-hydrogen) atoms. The Labute approximate surface area is 155 Å². The summed E-state index contributed by atoms with van der Waals surface area (Å²) < 4.78 is 18.2. The highest BCUT2D eigenvalue weighted by atomic mass is 35.5. The van der Waals surface area contributed by atoms with Crippen LogP contribution in [0.4, 0.5) is 4.39 Å². The fourth-order valence-corrected chi connectivity index (χ4v) is 2.20. The molecule has 0 fully saturated rings. The van der Waals surface area contributed by atoms with E-state index in [0.29, 0.717) is 16.3 Å². The van der Waals surface area contributed by atoms with Crippen LogP contribution in [0.15, 0.2) is 42.5 Å². The molecule has 0 aliphatic heterocycles. The zero-order valence-electron chi connectivity index (χ0n) is 14.3. The summed E-state index contributed by atoms with van der Waals surface area (Å²) in [5.74, 6) is -0.883. The standard InChI is InChI=1S/C19H18ClFN2O3/c1-12-9-16(10-13(2)19(12)20)26-11-18(25)23-22-17(24)8-5-14-3-6-15(21)7-4-14/h3-10H,11H2,1-2H3,(H,22,24)(H,23,25). The van der Waals surface area contributed by atoms with E-state index in [1.807, 2.05) is 13.8 Å². The van der Waals surface area contributed by atoms with Gasteiger partial charge in [0.25, 0.3) is 11.8 Å². The zero-order chi connectivity index (χ0) is 19.1. The third-order valence-corrected chi connectivity index (χ3v) is 4.00. The van der Waals surface area contributed by atoms with Gasteiger partial charge in [0.15, 0.2) is 6.61 Å². The number of hydrogen-bond donors (Lipinski definition) is 2. The van der Waals surface area contributed by atoms with Crippen LogP contribution in [0.3, 0.4) is 0 Å². The molecule has 2 rings (SSSR count). The third-order valence-electron chi connectivity index (χ3n) is 3.40. The van der Waals surface area contributed by atoms with Gasteiger partial charge in [-0.3, -0.25) is 20.4 Å². The van der Waals surface area contributed by atoms with Crippen LogP contribution in [0.5, 0.6) is 5.75 Å². The summed E-state index contributed by atoms with van der Waals surface area (Å²) in [7, 11) is 0. The Kier molecular flexibility index (Phi) is 6.74. The lowest BCUT2D eigenvalue weighted by molar-refractivity contribution is -0.128. The van der Waals surface area contributed by atoms with Crippen molar-refractivity contribution in [3.63, 3.8) is 0 Å². The van der Waals surface area contributed by atoms with Crippen LogP contribution >= 0.6 is 11.6 Å². The number of nitrogens with one attached hydrogen (secondary N) is 2. The SMILES string of the molecule is Cc1cc(OCC(=O)NNC(=O)C=Cc2ccc(F)cc2)cc(C)c1Cl. The van der Waals surface area contributed by atoms with Crippen molar-refractivity contribution in [2.75, 3.05) is 6.61 Å². The predicted octanol–water partition coefficient (Wildman–Crippen LogP) is 3.34. The number of hydrogen-bond acceptors (Lipinski definition) is 3. The van der Waals surface area contributed by atoms with Crippen molar-refractivity contribution in [2.24, 2.45) is 0 Å². The molecule has 2 aromatic carbocycles. The van der Waals surface area contributed by atoms with Crippen LogP contribution in [0.25, 0.3) is 6.08 Å². The Hall–Kier alpha value is -2.86. The minimum absolute atomic E-state index is 0.261. The number of carbonyl (C=O) groups excluding carboxylic acids is 2. The van der Waals surface area contributed by atoms with Gasteiger partial charge in [-0.15, -0.1) is 0 Å². The average molecular weight is 377 g/mol. The van der Waals surface area contributed by atoms with Crippen LogP contribution in [0.1, 0.15) is 16.7 Å².